The summed E-state index contributed by atoms with van der Waals surface area (Å²) >= 11 is 1.55. The maximum absolute atomic E-state index is 12.0. The monoisotopic (exact) mass is 253 g/mol. The molecule has 1 aromatic heterocycles. The van der Waals surface area contributed by atoms with Gasteiger partial charge in [0.05, 0.1) is 17.1 Å². The lowest BCUT2D eigenvalue weighted by Gasteiger charge is -2.18. The van der Waals surface area contributed by atoms with E-state index in [1.807, 2.05) is 12.3 Å². The molecule has 0 saturated carbocycles. The molecule has 2 rings (SSSR count). The van der Waals surface area contributed by atoms with Crippen molar-refractivity contribution in [3.8, 4) is 0 Å². The number of aryl methyl sites for hydroxylation is 1. The number of rotatable bonds is 2. The molecule has 1 fully saturated rings. The number of carbonyl (C=O) groups excluding carboxylic acids is 2. The first kappa shape index (κ1) is 12.0. The topological polar surface area (TPSA) is 62.3 Å². The Morgan fingerprint density at radius 2 is 2.41 bits per heavy atom. The summed E-state index contributed by atoms with van der Waals surface area (Å²) in [5.74, 6) is 0.0663. The van der Waals surface area contributed by atoms with Crippen LogP contribution in [0.4, 0.5) is 0 Å². The SMILES string of the molecule is Cc1nc(CC(=O)N2CCNC(=O)CC2)cs1. The zero-order valence-corrected chi connectivity index (χ0v) is 10.5. The molecule has 92 valence electrons. The van der Waals surface area contributed by atoms with Crippen LogP contribution in [0.15, 0.2) is 5.38 Å². The summed E-state index contributed by atoms with van der Waals surface area (Å²) in [6, 6.07) is 0. The van der Waals surface area contributed by atoms with E-state index in [0.717, 1.165) is 10.7 Å². The lowest BCUT2D eigenvalue weighted by atomic mass is 10.3. The Labute approximate surface area is 104 Å². The number of hydrogen-bond donors (Lipinski definition) is 1. The minimum Gasteiger partial charge on any atom is -0.354 e. The molecule has 0 bridgehead atoms. The summed E-state index contributed by atoms with van der Waals surface area (Å²) in [4.78, 5) is 29.1. The number of nitrogens with one attached hydrogen (secondary N) is 1. The standard InChI is InChI=1S/C11H15N3O2S/c1-8-13-9(7-17-8)6-11(16)14-4-2-10(15)12-3-5-14/h7H,2-6H2,1H3,(H,12,15). The van der Waals surface area contributed by atoms with E-state index in [-0.39, 0.29) is 11.8 Å². The molecule has 1 N–H and O–H groups in total. The number of hydrogen-bond acceptors (Lipinski definition) is 4. The largest absolute Gasteiger partial charge is 0.354 e. The number of aromatic nitrogens is 1. The smallest absolute Gasteiger partial charge is 0.228 e. The molecule has 1 aromatic rings. The van der Waals surface area contributed by atoms with Gasteiger partial charge in [-0.1, -0.05) is 0 Å². The first-order chi connectivity index (χ1) is 8.15. The zero-order chi connectivity index (χ0) is 12.3. The highest BCUT2D eigenvalue weighted by Crippen LogP contribution is 2.10. The first-order valence-corrected chi connectivity index (χ1v) is 6.48. The van der Waals surface area contributed by atoms with Gasteiger partial charge in [-0.15, -0.1) is 11.3 Å². The second-order valence-corrected chi connectivity index (χ2v) is 5.08. The van der Waals surface area contributed by atoms with Crippen molar-refractivity contribution in [2.45, 2.75) is 19.8 Å². The van der Waals surface area contributed by atoms with Crippen LogP contribution in [-0.4, -0.2) is 41.3 Å². The molecule has 1 saturated heterocycles. The molecule has 6 heteroatoms. The van der Waals surface area contributed by atoms with Gasteiger partial charge in [0.1, 0.15) is 0 Å². The molecular weight excluding hydrogens is 238 g/mol. The molecule has 0 spiro atoms. The van der Waals surface area contributed by atoms with Crippen molar-refractivity contribution in [1.29, 1.82) is 0 Å². The van der Waals surface area contributed by atoms with Crippen molar-refractivity contribution in [1.82, 2.24) is 15.2 Å². The Balaban J connectivity index is 1.93. The van der Waals surface area contributed by atoms with Gasteiger partial charge in [0.2, 0.25) is 11.8 Å². The van der Waals surface area contributed by atoms with Gasteiger partial charge in [0.25, 0.3) is 0 Å². The fourth-order valence-corrected chi connectivity index (χ4v) is 2.39. The third-order valence-electron chi connectivity index (χ3n) is 2.66. The van der Waals surface area contributed by atoms with Crippen LogP contribution in [0, 0.1) is 6.92 Å². The lowest BCUT2D eigenvalue weighted by molar-refractivity contribution is -0.130. The van der Waals surface area contributed by atoms with Crippen molar-refractivity contribution in [3.05, 3.63) is 16.1 Å². The van der Waals surface area contributed by atoms with Gasteiger partial charge in [-0.3, -0.25) is 9.59 Å². The molecule has 2 amide bonds. The van der Waals surface area contributed by atoms with Crippen LogP contribution >= 0.6 is 11.3 Å². The zero-order valence-electron chi connectivity index (χ0n) is 9.73. The second kappa shape index (κ2) is 5.27. The molecule has 5 nitrogen and oxygen atoms in total. The number of thiazole rings is 1. The van der Waals surface area contributed by atoms with E-state index in [2.05, 4.69) is 10.3 Å². The van der Waals surface area contributed by atoms with E-state index in [1.54, 1.807) is 16.2 Å². The molecule has 1 aliphatic rings. The van der Waals surface area contributed by atoms with Crippen LogP contribution in [0.5, 0.6) is 0 Å². The predicted octanol–water partition coefficient (Wildman–Crippen LogP) is 0.343. The Hall–Kier alpha value is -1.43. The maximum atomic E-state index is 12.0. The minimum atomic E-state index is 0.0183. The highest BCUT2D eigenvalue weighted by Gasteiger charge is 2.19. The van der Waals surface area contributed by atoms with Crippen molar-refractivity contribution >= 4 is 23.2 Å². The molecule has 0 atom stereocenters. The van der Waals surface area contributed by atoms with E-state index >= 15 is 0 Å². The summed E-state index contributed by atoms with van der Waals surface area (Å²) in [5.41, 5.74) is 0.820. The molecular formula is C11H15N3O2S. The van der Waals surface area contributed by atoms with Crippen LogP contribution in [0.3, 0.4) is 0 Å². The van der Waals surface area contributed by atoms with E-state index in [9.17, 15) is 9.59 Å². The quantitative estimate of drug-likeness (QED) is 0.827. The van der Waals surface area contributed by atoms with Crippen LogP contribution in [-0.2, 0) is 16.0 Å². The van der Waals surface area contributed by atoms with E-state index in [0.29, 0.717) is 32.5 Å². The van der Waals surface area contributed by atoms with Crippen molar-refractivity contribution < 1.29 is 9.59 Å². The van der Waals surface area contributed by atoms with Crippen LogP contribution in [0.2, 0.25) is 0 Å². The van der Waals surface area contributed by atoms with Crippen molar-refractivity contribution in [2.75, 3.05) is 19.6 Å². The number of carbonyl (C=O) groups is 2. The fourth-order valence-electron chi connectivity index (χ4n) is 1.77. The molecule has 2 heterocycles. The summed E-state index contributed by atoms with van der Waals surface area (Å²) < 4.78 is 0. The summed E-state index contributed by atoms with van der Waals surface area (Å²) in [6.45, 7) is 3.56. The maximum Gasteiger partial charge on any atom is 0.228 e. The molecule has 1 aliphatic heterocycles. The highest BCUT2D eigenvalue weighted by molar-refractivity contribution is 7.09. The van der Waals surface area contributed by atoms with Gasteiger partial charge in [-0.25, -0.2) is 4.98 Å². The van der Waals surface area contributed by atoms with Gasteiger partial charge in [-0.05, 0) is 6.92 Å². The summed E-state index contributed by atoms with van der Waals surface area (Å²) in [7, 11) is 0. The van der Waals surface area contributed by atoms with Gasteiger partial charge in [0.15, 0.2) is 0 Å². The second-order valence-electron chi connectivity index (χ2n) is 4.02. The van der Waals surface area contributed by atoms with E-state index in [4.69, 9.17) is 0 Å². The molecule has 0 aromatic carbocycles. The molecule has 0 aliphatic carbocycles. The van der Waals surface area contributed by atoms with E-state index < -0.39 is 0 Å². The Kier molecular flexibility index (Phi) is 3.73. The highest BCUT2D eigenvalue weighted by atomic mass is 32.1. The number of nitrogens with zero attached hydrogens (tertiary/aromatic N) is 2. The van der Waals surface area contributed by atoms with Gasteiger partial charge < -0.3 is 10.2 Å². The Bertz CT molecular complexity index is 430. The van der Waals surface area contributed by atoms with Crippen molar-refractivity contribution in [2.24, 2.45) is 0 Å². The van der Waals surface area contributed by atoms with Gasteiger partial charge in [0, 0.05) is 31.4 Å². The average Bonchev–Trinajstić information content (AvgIpc) is 2.56. The van der Waals surface area contributed by atoms with Crippen LogP contribution < -0.4 is 5.32 Å². The normalized spacial score (nSPS) is 16.5. The minimum absolute atomic E-state index is 0.0183. The fraction of sp³-hybridized carbons (Fsp3) is 0.545. The lowest BCUT2D eigenvalue weighted by Crippen LogP contribution is -2.35. The molecule has 0 radical (unpaired) electrons. The van der Waals surface area contributed by atoms with Crippen molar-refractivity contribution in [3.63, 3.8) is 0 Å². The van der Waals surface area contributed by atoms with Gasteiger partial charge in [-0.2, -0.15) is 0 Å². The molecule has 17 heavy (non-hydrogen) atoms. The van der Waals surface area contributed by atoms with Crippen LogP contribution in [0.1, 0.15) is 17.1 Å². The first-order valence-electron chi connectivity index (χ1n) is 5.60. The Morgan fingerprint density at radius 1 is 1.59 bits per heavy atom. The van der Waals surface area contributed by atoms with Crippen LogP contribution in [0.25, 0.3) is 0 Å². The predicted molar refractivity (Wildman–Crippen MR) is 64.8 cm³/mol. The van der Waals surface area contributed by atoms with Gasteiger partial charge >= 0.3 is 0 Å². The average molecular weight is 253 g/mol. The third kappa shape index (κ3) is 3.26. The van der Waals surface area contributed by atoms with E-state index in [1.165, 1.54) is 0 Å². The third-order valence-corrected chi connectivity index (χ3v) is 3.49. The Morgan fingerprint density at radius 3 is 3.12 bits per heavy atom. The molecule has 0 unspecified atom stereocenters. The summed E-state index contributed by atoms with van der Waals surface area (Å²) in [5, 5.41) is 5.63. The number of amides is 2. The summed E-state index contributed by atoms with van der Waals surface area (Å²) in [6.07, 6.45) is 0.723.